The van der Waals surface area contributed by atoms with E-state index in [1.807, 2.05) is 0 Å². The van der Waals surface area contributed by atoms with Crippen molar-refractivity contribution in [2.24, 2.45) is 22.9 Å². The summed E-state index contributed by atoms with van der Waals surface area (Å²) in [6, 6.07) is 0. The Morgan fingerprint density at radius 1 is 1.18 bits per heavy atom. The van der Waals surface area contributed by atoms with E-state index >= 15 is 0 Å². The van der Waals surface area contributed by atoms with Crippen molar-refractivity contribution in [2.45, 2.75) is 32.1 Å². The molecule has 0 aromatic rings. The van der Waals surface area contributed by atoms with Crippen molar-refractivity contribution in [2.75, 3.05) is 6.54 Å². The molecule has 2 fully saturated rings. The van der Waals surface area contributed by atoms with Crippen molar-refractivity contribution in [3.8, 4) is 0 Å². The van der Waals surface area contributed by atoms with Crippen LogP contribution in [-0.4, -0.2) is 6.54 Å². The van der Waals surface area contributed by atoms with E-state index in [9.17, 15) is 4.91 Å². The van der Waals surface area contributed by atoms with Gasteiger partial charge in [0.15, 0.2) is 0 Å². The molecule has 2 aliphatic carbocycles. The van der Waals surface area contributed by atoms with Crippen LogP contribution in [0.2, 0.25) is 0 Å². The molecule has 11 heavy (non-hydrogen) atoms. The summed E-state index contributed by atoms with van der Waals surface area (Å²) in [7, 11) is 0. The third kappa shape index (κ3) is 1.31. The van der Waals surface area contributed by atoms with Crippen LogP contribution in [0.1, 0.15) is 32.1 Å². The predicted octanol–water partition coefficient (Wildman–Crippen LogP) is 2.58. The van der Waals surface area contributed by atoms with E-state index in [-0.39, 0.29) is 0 Å². The van der Waals surface area contributed by atoms with Gasteiger partial charge in [0.05, 0.1) is 6.54 Å². The average molecular weight is 153 g/mol. The second kappa shape index (κ2) is 2.92. The molecule has 2 atom stereocenters. The van der Waals surface area contributed by atoms with Gasteiger partial charge in [-0.1, -0.05) is 5.18 Å². The Morgan fingerprint density at radius 2 is 1.82 bits per heavy atom. The number of hydrogen-bond acceptors (Lipinski definition) is 2. The Bertz CT molecular complexity index is 146. The molecule has 0 aliphatic heterocycles. The molecule has 0 aromatic heterocycles. The molecule has 0 heterocycles. The number of nitroso groups, excluding NO2 is 1. The molecule has 0 spiro atoms. The molecule has 0 saturated heterocycles. The lowest BCUT2D eigenvalue weighted by Crippen LogP contribution is -2.18. The van der Waals surface area contributed by atoms with E-state index in [1.54, 1.807) is 0 Å². The molecule has 0 amide bonds. The summed E-state index contributed by atoms with van der Waals surface area (Å²) in [5, 5.41) is 2.92. The van der Waals surface area contributed by atoms with Gasteiger partial charge in [0, 0.05) is 0 Å². The lowest BCUT2D eigenvalue weighted by Gasteiger charge is -2.29. The van der Waals surface area contributed by atoms with Crippen LogP contribution in [0.4, 0.5) is 0 Å². The Hall–Kier alpha value is -0.400. The molecular formula is C9H15NO. The minimum Gasteiger partial charge on any atom is -0.151 e. The molecule has 0 bridgehead atoms. The van der Waals surface area contributed by atoms with Crippen molar-refractivity contribution in [3.05, 3.63) is 4.91 Å². The smallest absolute Gasteiger partial charge is 0.0813 e. The van der Waals surface area contributed by atoms with Gasteiger partial charge in [-0.2, -0.15) is 4.91 Å². The highest BCUT2D eigenvalue weighted by molar-refractivity contribution is 4.90. The van der Waals surface area contributed by atoms with Crippen LogP contribution in [-0.2, 0) is 0 Å². The first-order chi connectivity index (χ1) is 5.40. The van der Waals surface area contributed by atoms with Gasteiger partial charge in [0.25, 0.3) is 0 Å². The van der Waals surface area contributed by atoms with Gasteiger partial charge < -0.3 is 0 Å². The summed E-state index contributed by atoms with van der Waals surface area (Å²) < 4.78 is 0. The average Bonchev–Trinajstić information content (AvgIpc) is 2.25. The summed E-state index contributed by atoms with van der Waals surface area (Å²) in [6.07, 6.45) is 6.74. The van der Waals surface area contributed by atoms with Crippen LogP contribution in [0.3, 0.4) is 0 Å². The maximum atomic E-state index is 9.89. The topological polar surface area (TPSA) is 29.4 Å². The fourth-order valence-electron chi connectivity index (χ4n) is 2.68. The second-order valence-electron chi connectivity index (χ2n) is 4.08. The molecular weight excluding hydrogens is 138 g/mol. The molecule has 0 aromatic carbocycles. The third-order valence-electron chi connectivity index (χ3n) is 3.48. The minimum atomic E-state index is 0.546. The van der Waals surface area contributed by atoms with Gasteiger partial charge in [0.1, 0.15) is 0 Å². The highest BCUT2D eigenvalue weighted by Crippen LogP contribution is 2.50. The highest BCUT2D eigenvalue weighted by atomic mass is 16.3. The van der Waals surface area contributed by atoms with E-state index in [1.165, 1.54) is 25.7 Å². The van der Waals surface area contributed by atoms with Gasteiger partial charge in [-0.25, -0.2) is 0 Å². The molecule has 0 N–H and O–H groups in total. The summed E-state index contributed by atoms with van der Waals surface area (Å²) in [5.41, 5.74) is 0. The van der Waals surface area contributed by atoms with Crippen molar-refractivity contribution in [1.29, 1.82) is 0 Å². The van der Waals surface area contributed by atoms with Crippen molar-refractivity contribution in [3.63, 3.8) is 0 Å². The van der Waals surface area contributed by atoms with E-state index < -0.39 is 0 Å². The van der Waals surface area contributed by atoms with Crippen LogP contribution in [0.15, 0.2) is 5.18 Å². The molecule has 62 valence electrons. The number of fused-ring (bicyclic) bond motifs is 1. The molecule has 2 unspecified atom stereocenters. The lowest BCUT2D eigenvalue weighted by atomic mass is 9.77. The van der Waals surface area contributed by atoms with Gasteiger partial charge in [-0.05, 0) is 49.9 Å². The van der Waals surface area contributed by atoms with Crippen LogP contribution in [0, 0.1) is 22.7 Å². The van der Waals surface area contributed by atoms with Gasteiger partial charge in [-0.3, -0.25) is 0 Å². The Balaban J connectivity index is 1.75. The SMILES string of the molecule is O=NCCC1CC2CCC2C1. The zero-order valence-electron chi connectivity index (χ0n) is 6.83. The van der Waals surface area contributed by atoms with Crippen molar-refractivity contribution < 1.29 is 0 Å². The molecule has 2 rings (SSSR count). The van der Waals surface area contributed by atoms with Crippen LogP contribution < -0.4 is 0 Å². The fourth-order valence-corrected chi connectivity index (χ4v) is 2.68. The molecule has 2 nitrogen and oxygen atoms in total. The van der Waals surface area contributed by atoms with E-state index in [0.29, 0.717) is 6.54 Å². The van der Waals surface area contributed by atoms with Crippen LogP contribution in [0.5, 0.6) is 0 Å². The Morgan fingerprint density at radius 3 is 2.27 bits per heavy atom. The largest absolute Gasteiger partial charge is 0.151 e. The minimum absolute atomic E-state index is 0.546. The fraction of sp³-hybridized carbons (Fsp3) is 1.00. The number of nitrogens with zero attached hydrogens (tertiary/aromatic N) is 1. The first kappa shape index (κ1) is 7.26. The van der Waals surface area contributed by atoms with E-state index in [4.69, 9.17) is 0 Å². The van der Waals surface area contributed by atoms with Crippen molar-refractivity contribution in [1.82, 2.24) is 0 Å². The maximum absolute atomic E-state index is 9.89. The zero-order chi connectivity index (χ0) is 7.68. The second-order valence-corrected chi connectivity index (χ2v) is 4.08. The Labute approximate surface area is 67.3 Å². The quantitative estimate of drug-likeness (QED) is 0.573. The Kier molecular flexibility index (Phi) is 1.93. The standard InChI is InChI=1S/C9H15NO/c11-10-4-3-7-5-8-1-2-9(8)6-7/h7-9H,1-6H2. The molecule has 2 heteroatoms. The summed E-state index contributed by atoms with van der Waals surface area (Å²) in [6.45, 7) is 0.546. The monoisotopic (exact) mass is 153 g/mol. The van der Waals surface area contributed by atoms with E-state index in [2.05, 4.69) is 5.18 Å². The van der Waals surface area contributed by atoms with Gasteiger partial charge in [-0.15, -0.1) is 0 Å². The summed E-state index contributed by atoms with van der Waals surface area (Å²) >= 11 is 0. The van der Waals surface area contributed by atoms with Gasteiger partial charge >= 0.3 is 0 Å². The molecule has 2 aliphatic rings. The van der Waals surface area contributed by atoms with Gasteiger partial charge in [0.2, 0.25) is 0 Å². The lowest BCUT2D eigenvalue weighted by molar-refractivity contribution is 0.219. The predicted molar refractivity (Wildman–Crippen MR) is 44.2 cm³/mol. The summed E-state index contributed by atoms with van der Waals surface area (Å²) in [5.74, 6) is 2.91. The maximum Gasteiger partial charge on any atom is 0.0813 e. The molecule has 2 saturated carbocycles. The first-order valence-electron chi connectivity index (χ1n) is 4.69. The highest BCUT2D eigenvalue weighted by Gasteiger charge is 2.39. The molecule has 0 radical (unpaired) electrons. The third-order valence-corrected chi connectivity index (χ3v) is 3.48. The first-order valence-corrected chi connectivity index (χ1v) is 4.69. The van der Waals surface area contributed by atoms with Crippen LogP contribution >= 0.6 is 0 Å². The normalized spacial score (nSPS) is 41.3. The number of rotatable bonds is 3. The zero-order valence-corrected chi connectivity index (χ0v) is 6.83. The van der Waals surface area contributed by atoms with Crippen molar-refractivity contribution >= 4 is 0 Å². The van der Waals surface area contributed by atoms with E-state index in [0.717, 1.165) is 24.2 Å². The summed E-state index contributed by atoms with van der Waals surface area (Å²) in [4.78, 5) is 9.89. The van der Waals surface area contributed by atoms with Crippen LogP contribution in [0.25, 0.3) is 0 Å². The number of hydrogen-bond donors (Lipinski definition) is 0.